The summed E-state index contributed by atoms with van der Waals surface area (Å²) in [4.78, 5) is 16.9. The summed E-state index contributed by atoms with van der Waals surface area (Å²) in [7, 11) is 0. The predicted octanol–water partition coefficient (Wildman–Crippen LogP) is 1.09. The van der Waals surface area contributed by atoms with E-state index in [-0.39, 0.29) is 18.1 Å². The van der Waals surface area contributed by atoms with Gasteiger partial charge in [-0.25, -0.2) is 4.98 Å². The fourth-order valence-electron chi connectivity index (χ4n) is 3.42. The van der Waals surface area contributed by atoms with Crippen LogP contribution in [0.5, 0.6) is 0 Å². The molecule has 0 radical (unpaired) electrons. The summed E-state index contributed by atoms with van der Waals surface area (Å²) >= 11 is 0. The molecule has 0 aliphatic carbocycles. The molecule has 0 saturated heterocycles. The summed E-state index contributed by atoms with van der Waals surface area (Å²) in [6.45, 7) is 6.37. The van der Waals surface area contributed by atoms with Gasteiger partial charge in [0.25, 0.3) is 5.91 Å². The Morgan fingerprint density at radius 3 is 3.25 bits per heavy atom. The van der Waals surface area contributed by atoms with Gasteiger partial charge in [0, 0.05) is 18.5 Å². The van der Waals surface area contributed by atoms with Crippen LogP contribution in [0.25, 0.3) is 0 Å². The van der Waals surface area contributed by atoms with Gasteiger partial charge in [-0.2, -0.15) is 5.10 Å². The number of aromatic amines is 1. The summed E-state index contributed by atoms with van der Waals surface area (Å²) in [6.07, 6.45) is 2.50. The summed E-state index contributed by atoms with van der Waals surface area (Å²) in [6, 6.07) is 0. The van der Waals surface area contributed by atoms with Crippen LogP contribution >= 0.6 is 0 Å². The lowest BCUT2D eigenvalue weighted by Gasteiger charge is -2.25. The summed E-state index contributed by atoms with van der Waals surface area (Å²) in [5, 5.41) is 10.1. The van der Waals surface area contributed by atoms with Crippen LogP contribution in [-0.4, -0.2) is 38.4 Å². The van der Waals surface area contributed by atoms with Gasteiger partial charge in [-0.05, 0) is 13.8 Å². The van der Waals surface area contributed by atoms with Crippen LogP contribution < -0.4 is 5.32 Å². The van der Waals surface area contributed by atoms with Crippen LogP contribution in [0.15, 0.2) is 6.20 Å². The summed E-state index contributed by atoms with van der Waals surface area (Å²) in [5.74, 6) is 0.735. The second-order valence-corrected chi connectivity index (χ2v) is 6.31. The van der Waals surface area contributed by atoms with E-state index < -0.39 is 0 Å². The highest BCUT2D eigenvalue weighted by Crippen LogP contribution is 2.30. The minimum Gasteiger partial charge on any atom is -0.372 e. The minimum atomic E-state index is -0.170. The third-order valence-electron chi connectivity index (χ3n) is 4.59. The molecule has 8 heteroatoms. The highest BCUT2D eigenvalue weighted by Gasteiger charge is 2.29. The topological polar surface area (TPSA) is 94.1 Å². The molecule has 4 heterocycles. The molecule has 2 aliphatic rings. The molecule has 24 heavy (non-hydrogen) atoms. The summed E-state index contributed by atoms with van der Waals surface area (Å²) in [5.41, 5.74) is 3.31. The fraction of sp³-hybridized carbons (Fsp3) is 0.562. The maximum atomic E-state index is 12.6. The van der Waals surface area contributed by atoms with Crippen LogP contribution in [-0.2, 0) is 35.6 Å². The largest absolute Gasteiger partial charge is 0.372 e. The Bertz CT molecular complexity index is 766. The van der Waals surface area contributed by atoms with E-state index >= 15 is 0 Å². The molecule has 0 saturated carbocycles. The van der Waals surface area contributed by atoms with Crippen molar-refractivity contribution >= 4 is 5.91 Å². The first-order chi connectivity index (χ1) is 11.6. The lowest BCUT2D eigenvalue weighted by atomic mass is 9.99. The lowest BCUT2D eigenvalue weighted by Crippen LogP contribution is -2.29. The van der Waals surface area contributed by atoms with E-state index in [2.05, 4.69) is 25.1 Å². The van der Waals surface area contributed by atoms with Crippen molar-refractivity contribution in [2.75, 3.05) is 6.61 Å². The molecule has 0 bridgehead atoms. The number of H-pyrrole nitrogens is 1. The van der Waals surface area contributed by atoms with Crippen molar-refractivity contribution in [2.24, 2.45) is 0 Å². The predicted molar refractivity (Wildman–Crippen MR) is 84.3 cm³/mol. The zero-order valence-electron chi connectivity index (χ0n) is 13.8. The first kappa shape index (κ1) is 15.3. The van der Waals surface area contributed by atoms with E-state index in [1.54, 1.807) is 6.20 Å². The van der Waals surface area contributed by atoms with E-state index in [0.29, 0.717) is 31.9 Å². The molecular weight excluding hydrogens is 310 g/mol. The van der Waals surface area contributed by atoms with Gasteiger partial charge in [-0.15, -0.1) is 0 Å². The van der Waals surface area contributed by atoms with Gasteiger partial charge in [-0.3, -0.25) is 9.89 Å². The lowest BCUT2D eigenvalue weighted by molar-refractivity contribution is -0.00697. The SMILES string of the molecule is C[C@@H]1Cc2c(C(=O)NCc3cnc4n3CCOC4)n[nH]c2[C@H](C)O1. The molecule has 0 fully saturated rings. The first-order valence-electron chi connectivity index (χ1n) is 8.25. The number of carbonyl (C=O) groups is 1. The Balaban J connectivity index is 1.49. The number of hydrogen-bond donors (Lipinski definition) is 2. The number of fused-ring (bicyclic) bond motifs is 2. The number of hydrogen-bond acceptors (Lipinski definition) is 5. The number of ether oxygens (including phenoxy) is 2. The zero-order chi connectivity index (χ0) is 16.7. The third kappa shape index (κ3) is 2.61. The molecule has 4 rings (SSSR count). The van der Waals surface area contributed by atoms with Gasteiger partial charge >= 0.3 is 0 Å². The minimum absolute atomic E-state index is 0.0698. The van der Waals surface area contributed by atoms with Crippen molar-refractivity contribution in [2.45, 2.75) is 52.2 Å². The number of nitrogens with one attached hydrogen (secondary N) is 2. The van der Waals surface area contributed by atoms with E-state index in [9.17, 15) is 4.79 Å². The molecule has 2 aromatic rings. The molecule has 2 atom stereocenters. The first-order valence-corrected chi connectivity index (χ1v) is 8.25. The quantitative estimate of drug-likeness (QED) is 0.878. The van der Waals surface area contributed by atoms with Gasteiger partial charge in [-0.1, -0.05) is 0 Å². The Morgan fingerprint density at radius 2 is 2.38 bits per heavy atom. The second-order valence-electron chi connectivity index (χ2n) is 6.31. The fourth-order valence-corrected chi connectivity index (χ4v) is 3.42. The Hall–Kier alpha value is -2.19. The molecule has 2 N–H and O–H groups in total. The number of carbonyl (C=O) groups excluding carboxylic acids is 1. The standard InChI is InChI=1S/C16H21N5O3/c1-9-5-12-14(10(2)24-9)19-20-15(12)16(22)18-7-11-6-17-13-8-23-4-3-21(11)13/h6,9-10H,3-5,7-8H2,1-2H3,(H,18,22)(H,19,20)/t9-,10+/m1/s1. The van der Waals surface area contributed by atoms with Crippen molar-refractivity contribution < 1.29 is 14.3 Å². The van der Waals surface area contributed by atoms with Crippen LogP contribution in [0, 0.1) is 0 Å². The van der Waals surface area contributed by atoms with Gasteiger partial charge in [0.15, 0.2) is 5.69 Å². The van der Waals surface area contributed by atoms with Gasteiger partial charge in [0.2, 0.25) is 0 Å². The third-order valence-corrected chi connectivity index (χ3v) is 4.59. The van der Waals surface area contributed by atoms with Crippen LogP contribution in [0.2, 0.25) is 0 Å². The molecule has 2 aliphatic heterocycles. The second kappa shape index (κ2) is 6.03. The van der Waals surface area contributed by atoms with Gasteiger partial charge in [0.05, 0.1) is 42.9 Å². The van der Waals surface area contributed by atoms with Crippen LogP contribution in [0.1, 0.15) is 53.2 Å². The Morgan fingerprint density at radius 1 is 1.50 bits per heavy atom. The zero-order valence-corrected chi connectivity index (χ0v) is 13.8. The number of nitrogens with zero attached hydrogens (tertiary/aromatic N) is 3. The number of aromatic nitrogens is 4. The maximum absolute atomic E-state index is 12.6. The van der Waals surface area contributed by atoms with E-state index in [1.807, 2.05) is 13.8 Å². The Labute approximate surface area is 139 Å². The highest BCUT2D eigenvalue weighted by molar-refractivity contribution is 5.94. The molecular formula is C16H21N5O3. The number of rotatable bonds is 3. The number of amides is 1. The van der Waals surface area contributed by atoms with Crippen molar-refractivity contribution in [3.8, 4) is 0 Å². The Kier molecular flexibility index (Phi) is 3.85. The van der Waals surface area contributed by atoms with E-state index in [4.69, 9.17) is 9.47 Å². The number of imidazole rings is 1. The molecule has 0 spiro atoms. The van der Waals surface area contributed by atoms with Crippen LogP contribution in [0.4, 0.5) is 0 Å². The maximum Gasteiger partial charge on any atom is 0.272 e. The average Bonchev–Trinajstić information content (AvgIpc) is 3.17. The average molecular weight is 331 g/mol. The van der Waals surface area contributed by atoms with Crippen molar-refractivity contribution in [3.63, 3.8) is 0 Å². The molecule has 2 aromatic heterocycles. The molecule has 128 valence electrons. The monoisotopic (exact) mass is 331 g/mol. The van der Waals surface area contributed by atoms with Crippen molar-refractivity contribution in [3.05, 3.63) is 34.7 Å². The highest BCUT2D eigenvalue weighted by atomic mass is 16.5. The molecule has 1 amide bonds. The molecule has 0 unspecified atom stereocenters. The van der Waals surface area contributed by atoms with E-state index in [1.165, 1.54) is 0 Å². The molecule has 8 nitrogen and oxygen atoms in total. The van der Waals surface area contributed by atoms with Gasteiger partial charge < -0.3 is 19.4 Å². The van der Waals surface area contributed by atoms with E-state index in [0.717, 1.165) is 29.3 Å². The van der Waals surface area contributed by atoms with Crippen molar-refractivity contribution in [1.82, 2.24) is 25.1 Å². The van der Waals surface area contributed by atoms with Crippen molar-refractivity contribution in [1.29, 1.82) is 0 Å². The van der Waals surface area contributed by atoms with Crippen LogP contribution in [0.3, 0.4) is 0 Å². The molecule has 0 aromatic carbocycles. The van der Waals surface area contributed by atoms with Gasteiger partial charge in [0.1, 0.15) is 12.4 Å². The smallest absolute Gasteiger partial charge is 0.272 e. The summed E-state index contributed by atoms with van der Waals surface area (Å²) < 4.78 is 13.2. The normalized spacial score (nSPS) is 22.8.